The summed E-state index contributed by atoms with van der Waals surface area (Å²) in [5.74, 6) is 0.00394. The average molecular weight is 368 g/mol. The highest BCUT2D eigenvalue weighted by Crippen LogP contribution is 2.17. The summed E-state index contributed by atoms with van der Waals surface area (Å²) in [7, 11) is 1.72. The molecule has 6 nitrogen and oxygen atoms in total. The van der Waals surface area contributed by atoms with Gasteiger partial charge in [-0.05, 0) is 30.7 Å². The van der Waals surface area contributed by atoms with E-state index in [9.17, 15) is 9.59 Å². The number of alkyl halides is 1. The van der Waals surface area contributed by atoms with Gasteiger partial charge in [-0.2, -0.15) is 0 Å². The normalized spacial score (nSPS) is 10.5. The highest BCUT2D eigenvalue weighted by molar-refractivity contribution is 9.09. The minimum absolute atomic E-state index is 0.00394. The Bertz CT molecular complexity index is 656. The summed E-state index contributed by atoms with van der Waals surface area (Å²) in [6, 6.07) is 7.51. The van der Waals surface area contributed by atoms with Gasteiger partial charge in [0.05, 0.1) is 11.9 Å². The molecule has 0 saturated carbocycles. The van der Waals surface area contributed by atoms with Gasteiger partial charge in [-0.1, -0.05) is 15.9 Å². The minimum Gasteiger partial charge on any atom is -0.449 e. The van der Waals surface area contributed by atoms with Crippen molar-refractivity contribution in [2.45, 2.75) is 6.42 Å². The summed E-state index contributed by atoms with van der Waals surface area (Å²) < 4.78 is 5.10. The van der Waals surface area contributed by atoms with Crippen molar-refractivity contribution >= 4 is 44.5 Å². The van der Waals surface area contributed by atoms with Gasteiger partial charge < -0.3 is 14.6 Å². The number of aromatic nitrogens is 1. The molecule has 0 unspecified atom stereocenters. The van der Waals surface area contributed by atoms with Crippen LogP contribution in [0.2, 0.25) is 0 Å². The Kier molecular flexibility index (Phi) is 5.83. The molecule has 0 saturated heterocycles. The van der Waals surface area contributed by atoms with Crippen molar-refractivity contribution in [1.82, 2.24) is 9.88 Å². The standard InChI is InChI=1S/C15H18BrN3O3/c1-19(14(20)10-16)7-2-8-22-15(21)18-12-3-4-13-11(9-12)5-6-17-13/h3-6,9,17H,2,7-8,10H2,1H3,(H,18,21). The Morgan fingerprint density at radius 2 is 2.18 bits per heavy atom. The van der Waals surface area contributed by atoms with Crippen LogP contribution in [0, 0.1) is 0 Å². The van der Waals surface area contributed by atoms with Crippen LogP contribution in [0.25, 0.3) is 10.9 Å². The molecule has 1 aromatic heterocycles. The van der Waals surface area contributed by atoms with Gasteiger partial charge in [0.15, 0.2) is 0 Å². The number of hydrogen-bond donors (Lipinski definition) is 2. The lowest BCUT2D eigenvalue weighted by molar-refractivity contribution is -0.127. The summed E-state index contributed by atoms with van der Waals surface area (Å²) in [6.45, 7) is 0.811. The summed E-state index contributed by atoms with van der Waals surface area (Å²) in [5.41, 5.74) is 1.70. The number of H-pyrrole nitrogens is 1. The molecule has 2 rings (SSSR count). The Balaban J connectivity index is 1.72. The van der Waals surface area contributed by atoms with Crippen LogP contribution in [0.5, 0.6) is 0 Å². The Hall–Kier alpha value is -2.02. The third-order valence-corrected chi connectivity index (χ3v) is 3.69. The molecular formula is C15H18BrN3O3. The van der Waals surface area contributed by atoms with E-state index in [4.69, 9.17) is 4.74 Å². The van der Waals surface area contributed by atoms with Crippen LogP contribution in [0.1, 0.15) is 6.42 Å². The van der Waals surface area contributed by atoms with E-state index in [2.05, 4.69) is 26.2 Å². The largest absolute Gasteiger partial charge is 0.449 e. The van der Waals surface area contributed by atoms with Gasteiger partial charge in [0.25, 0.3) is 0 Å². The Morgan fingerprint density at radius 3 is 2.95 bits per heavy atom. The molecular weight excluding hydrogens is 350 g/mol. The monoisotopic (exact) mass is 367 g/mol. The third kappa shape index (κ3) is 4.49. The first-order valence-corrected chi connectivity index (χ1v) is 8.03. The van der Waals surface area contributed by atoms with Gasteiger partial charge >= 0.3 is 6.09 Å². The van der Waals surface area contributed by atoms with Crippen LogP contribution in [-0.2, 0) is 9.53 Å². The van der Waals surface area contributed by atoms with Crippen molar-refractivity contribution in [3.8, 4) is 0 Å². The summed E-state index contributed by atoms with van der Waals surface area (Å²) in [6.07, 6.45) is 1.95. The predicted octanol–water partition coefficient (Wildman–Crippen LogP) is 2.96. The maximum Gasteiger partial charge on any atom is 0.411 e. The number of carbonyl (C=O) groups excluding carboxylic acids is 2. The van der Waals surface area contributed by atoms with E-state index < -0.39 is 6.09 Å². The van der Waals surface area contributed by atoms with E-state index >= 15 is 0 Å². The molecule has 118 valence electrons. The smallest absolute Gasteiger partial charge is 0.411 e. The number of hydrogen-bond acceptors (Lipinski definition) is 3. The third-order valence-electron chi connectivity index (χ3n) is 3.21. The molecule has 0 spiro atoms. The van der Waals surface area contributed by atoms with Crippen molar-refractivity contribution in [2.24, 2.45) is 0 Å². The lowest BCUT2D eigenvalue weighted by Gasteiger charge is -2.15. The van der Waals surface area contributed by atoms with Gasteiger partial charge in [0, 0.05) is 36.4 Å². The molecule has 7 heteroatoms. The highest BCUT2D eigenvalue weighted by Gasteiger charge is 2.07. The fourth-order valence-electron chi connectivity index (χ4n) is 1.98. The van der Waals surface area contributed by atoms with Gasteiger partial charge in [0.2, 0.25) is 5.91 Å². The zero-order valence-corrected chi connectivity index (χ0v) is 13.9. The molecule has 0 radical (unpaired) electrons. The van der Waals surface area contributed by atoms with Gasteiger partial charge in [-0.25, -0.2) is 4.79 Å². The molecule has 1 aromatic carbocycles. The molecule has 0 bridgehead atoms. The maximum absolute atomic E-state index is 11.7. The number of halogens is 1. The Morgan fingerprint density at radius 1 is 1.36 bits per heavy atom. The first-order valence-electron chi connectivity index (χ1n) is 6.91. The molecule has 2 aromatic rings. The van der Waals surface area contributed by atoms with Crippen LogP contribution < -0.4 is 5.32 Å². The molecule has 0 atom stereocenters. The topological polar surface area (TPSA) is 74.4 Å². The fraction of sp³-hybridized carbons (Fsp3) is 0.333. The lowest BCUT2D eigenvalue weighted by Crippen LogP contribution is -2.29. The maximum atomic E-state index is 11.7. The number of carbonyl (C=O) groups is 2. The predicted molar refractivity (Wildman–Crippen MR) is 89.3 cm³/mol. The SMILES string of the molecule is CN(CCCOC(=O)Nc1ccc2[nH]ccc2c1)C(=O)CBr. The second-order valence-corrected chi connectivity index (χ2v) is 5.40. The molecule has 0 aliphatic carbocycles. The second kappa shape index (κ2) is 7.84. The number of benzene rings is 1. The fourth-order valence-corrected chi connectivity index (χ4v) is 2.41. The van der Waals surface area contributed by atoms with Crippen LogP contribution in [0.4, 0.5) is 10.5 Å². The van der Waals surface area contributed by atoms with Crippen LogP contribution >= 0.6 is 15.9 Å². The van der Waals surface area contributed by atoms with E-state index in [1.807, 2.05) is 30.5 Å². The zero-order valence-electron chi connectivity index (χ0n) is 12.3. The molecule has 0 aliphatic rings. The number of anilines is 1. The molecule has 0 aliphatic heterocycles. The first-order chi connectivity index (χ1) is 10.6. The van der Waals surface area contributed by atoms with E-state index in [-0.39, 0.29) is 12.5 Å². The molecule has 22 heavy (non-hydrogen) atoms. The number of amides is 2. The summed E-state index contributed by atoms with van der Waals surface area (Å²) in [4.78, 5) is 27.7. The Labute approximate surface area is 136 Å². The van der Waals surface area contributed by atoms with Gasteiger partial charge in [-0.15, -0.1) is 0 Å². The lowest BCUT2D eigenvalue weighted by atomic mass is 10.2. The van der Waals surface area contributed by atoms with Crippen molar-refractivity contribution in [3.05, 3.63) is 30.5 Å². The number of rotatable bonds is 6. The van der Waals surface area contributed by atoms with Gasteiger partial charge in [0.1, 0.15) is 0 Å². The quantitative estimate of drug-likeness (QED) is 0.608. The number of nitrogens with one attached hydrogen (secondary N) is 2. The highest BCUT2D eigenvalue weighted by atomic mass is 79.9. The van der Waals surface area contributed by atoms with Crippen molar-refractivity contribution < 1.29 is 14.3 Å². The number of ether oxygens (including phenoxy) is 1. The number of fused-ring (bicyclic) bond motifs is 1. The minimum atomic E-state index is -0.496. The molecule has 1 heterocycles. The van der Waals surface area contributed by atoms with Crippen LogP contribution in [-0.4, -0.2) is 47.4 Å². The molecule has 0 fully saturated rings. The first kappa shape index (κ1) is 16.4. The van der Waals surface area contributed by atoms with Crippen molar-refractivity contribution in [1.29, 1.82) is 0 Å². The summed E-state index contributed by atoms with van der Waals surface area (Å²) in [5, 5.41) is 4.00. The number of aromatic amines is 1. The summed E-state index contributed by atoms with van der Waals surface area (Å²) >= 11 is 3.11. The van der Waals surface area contributed by atoms with Crippen LogP contribution in [0.15, 0.2) is 30.5 Å². The average Bonchev–Trinajstić information content (AvgIpc) is 2.98. The van der Waals surface area contributed by atoms with Crippen molar-refractivity contribution in [2.75, 3.05) is 30.8 Å². The molecule has 2 amide bonds. The zero-order chi connectivity index (χ0) is 15.9. The van der Waals surface area contributed by atoms with E-state index in [1.54, 1.807) is 11.9 Å². The van der Waals surface area contributed by atoms with Crippen LogP contribution in [0.3, 0.4) is 0 Å². The van der Waals surface area contributed by atoms with Crippen molar-refractivity contribution in [3.63, 3.8) is 0 Å². The number of nitrogens with zero attached hydrogens (tertiary/aromatic N) is 1. The van der Waals surface area contributed by atoms with Gasteiger partial charge in [-0.3, -0.25) is 10.1 Å². The second-order valence-electron chi connectivity index (χ2n) is 4.84. The van der Waals surface area contributed by atoms with E-state index in [1.165, 1.54) is 0 Å². The molecule has 2 N–H and O–H groups in total. The van der Waals surface area contributed by atoms with E-state index in [0.29, 0.717) is 24.0 Å². The van der Waals surface area contributed by atoms with E-state index in [0.717, 1.165) is 10.9 Å².